The number of nitrogens with one attached hydrogen (secondary N) is 1. The van der Waals surface area contributed by atoms with E-state index in [2.05, 4.69) is 32.6 Å². The van der Waals surface area contributed by atoms with Crippen molar-refractivity contribution in [3.63, 3.8) is 0 Å². The molecule has 0 aromatic carbocycles. The molecule has 190 valence electrons. The summed E-state index contributed by atoms with van der Waals surface area (Å²) in [5.74, 6) is 1.74. The number of pyridine rings is 1. The number of allylic oxidation sites excluding steroid dienone is 1. The highest BCUT2D eigenvalue weighted by Gasteiger charge is 2.55. The number of anilines is 1. The first kappa shape index (κ1) is 22.4. The first-order chi connectivity index (χ1) is 17.5. The van der Waals surface area contributed by atoms with Crippen LogP contribution >= 0.6 is 0 Å². The number of likely N-dealkylation sites (tertiary alicyclic amines) is 1. The van der Waals surface area contributed by atoms with E-state index >= 15 is 0 Å². The average Bonchev–Trinajstić information content (AvgIpc) is 3.55. The molecular formula is C27H33N5O4. The quantitative estimate of drug-likeness (QED) is 0.655. The summed E-state index contributed by atoms with van der Waals surface area (Å²) in [6.07, 6.45) is 13.7. The largest absolute Gasteiger partial charge is 0.390 e. The Kier molecular flexibility index (Phi) is 5.22. The molecule has 2 N–H and O–H groups in total. The molecule has 6 aliphatic rings. The Morgan fingerprint density at radius 3 is 2.72 bits per heavy atom. The third-order valence-corrected chi connectivity index (χ3v) is 9.26. The molecule has 4 bridgehead atoms. The monoisotopic (exact) mass is 491 g/mol. The van der Waals surface area contributed by atoms with Crippen LogP contribution in [0.3, 0.4) is 0 Å². The summed E-state index contributed by atoms with van der Waals surface area (Å²) >= 11 is 0. The summed E-state index contributed by atoms with van der Waals surface area (Å²) in [5.41, 5.74) is 3.31. The molecule has 2 aromatic heterocycles. The molecule has 9 heteroatoms. The molecule has 1 saturated heterocycles. The van der Waals surface area contributed by atoms with Crippen molar-refractivity contribution in [3.05, 3.63) is 29.4 Å². The van der Waals surface area contributed by atoms with E-state index in [4.69, 9.17) is 9.26 Å². The van der Waals surface area contributed by atoms with Crippen LogP contribution in [-0.2, 0) is 11.2 Å². The van der Waals surface area contributed by atoms with Gasteiger partial charge in [0.25, 0.3) is 17.6 Å². The van der Waals surface area contributed by atoms with E-state index in [0.717, 1.165) is 61.0 Å². The standard InChI is InChI=1S/C27H33N5O4/c1-35-18-5-7-32(8-6-18)26(33)24-30-25(36-31-24)20-14-28-21-4-2-3-19(21)23(20)29-22-16-9-15-10-17(22)13-27(34,11-15)12-16/h2-3,14-18,22,34H,4-13H2,1H3,(H,28,29)/t15?,16-,17+,22?,27?. The normalized spacial score (nSPS) is 32.8. The van der Waals surface area contributed by atoms with Crippen molar-refractivity contribution >= 4 is 17.7 Å². The third kappa shape index (κ3) is 3.66. The van der Waals surface area contributed by atoms with E-state index in [1.54, 1.807) is 18.2 Å². The number of rotatable bonds is 5. The van der Waals surface area contributed by atoms with Crippen LogP contribution in [0.2, 0.25) is 0 Å². The van der Waals surface area contributed by atoms with Crippen LogP contribution in [0.15, 0.2) is 16.8 Å². The van der Waals surface area contributed by atoms with E-state index < -0.39 is 5.60 Å². The fourth-order valence-electron chi connectivity index (χ4n) is 7.75. The van der Waals surface area contributed by atoms with Crippen molar-refractivity contribution < 1.29 is 19.2 Å². The fourth-order valence-corrected chi connectivity index (χ4v) is 7.75. The van der Waals surface area contributed by atoms with E-state index in [-0.39, 0.29) is 17.8 Å². The molecule has 5 atom stereocenters. The molecular weight excluding hydrogens is 458 g/mol. The highest BCUT2D eigenvalue weighted by Crippen LogP contribution is 2.56. The SMILES string of the molecule is COC1CCN(C(=O)c2noc(-c3cnc4c(c3NC3[C@@H]5CC6C[C@H]3CC(O)(C6)C5)C=CC4)n2)CC1. The predicted molar refractivity (Wildman–Crippen MR) is 132 cm³/mol. The highest BCUT2D eigenvalue weighted by atomic mass is 16.5. The van der Waals surface area contributed by atoms with Crippen LogP contribution in [-0.4, -0.2) is 69.0 Å². The van der Waals surface area contributed by atoms with E-state index in [1.807, 2.05) is 0 Å². The molecule has 0 radical (unpaired) electrons. The molecule has 9 nitrogen and oxygen atoms in total. The molecule has 1 amide bonds. The van der Waals surface area contributed by atoms with Crippen molar-refractivity contribution in [1.29, 1.82) is 0 Å². The summed E-state index contributed by atoms with van der Waals surface area (Å²) < 4.78 is 11.1. The van der Waals surface area contributed by atoms with E-state index in [9.17, 15) is 9.90 Å². The van der Waals surface area contributed by atoms with Gasteiger partial charge in [0.05, 0.1) is 28.6 Å². The highest BCUT2D eigenvalue weighted by molar-refractivity contribution is 5.91. The van der Waals surface area contributed by atoms with Gasteiger partial charge in [0, 0.05) is 44.4 Å². The molecule has 4 saturated carbocycles. The Morgan fingerprint density at radius 1 is 1.22 bits per heavy atom. The second-order valence-electron chi connectivity index (χ2n) is 11.5. The van der Waals surface area contributed by atoms with Gasteiger partial charge in [0.2, 0.25) is 0 Å². The fraction of sp³-hybridized carbons (Fsp3) is 0.630. The maximum atomic E-state index is 13.1. The lowest BCUT2D eigenvalue weighted by Crippen LogP contribution is -2.59. The first-order valence-corrected chi connectivity index (χ1v) is 13.3. The van der Waals surface area contributed by atoms with Gasteiger partial charge in [0.15, 0.2) is 0 Å². The maximum Gasteiger partial charge on any atom is 0.295 e. The number of carbonyl (C=O) groups excluding carboxylic acids is 1. The smallest absolute Gasteiger partial charge is 0.295 e. The molecule has 3 unspecified atom stereocenters. The van der Waals surface area contributed by atoms with E-state index in [1.165, 1.54) is 12.8 Å². The Labute approximate surface area is 210 Å². The molecule has 5 aliphatic carbocycles. The maximum absolute atomic E-state index is 13.1. The molecule has 2 aromatic rings. The van der Waals surface area contributed by atoms with E-state index in [0.29, 0.717) is 42.8 Å². The number of hydrogen-bond acceptors (Lipinski definition) is 8. The van der Waals surface area contributed by atoms with Gasteiger partial charge >= 0.3 is 0 Å². The second kappa shape index (κ2) is 8.38. The van der Waals surface area contributed by atoms with Crippen molar-refractivity contribution in [1.82, 2.24) is 20.0 Å². The number of aromatic nitrogens is 3. The molecule has 8 rings (SSSR count). The molecule has 3 heterocycles. The van der Waals surface area contributed by atoms with Crippen LogP contribution in [0.1, 0.15) is 66.8 Å². The summed E-state index contributed by atoms with van der Waals surface area (Å²) in [5, 5.41) is 19.0. The summed E-state index contributed by atoms with van der Waals surface area (Å²) in [6, 6.07) is 0.298. The minimum absolute atomic E-state index is 0.0831. The summed E-state index contributed by atoms with van der Waals surface area (Å²) in [7, 11) is 1.71. The van der Waals surface area contributed by atoms with Gasteiger partial charge in [-0.1, -0.05) is 17.3 Å². The topological polar surface area (TPSA) is 114 Å². The van der Waals surface area contributed by atoms with Crippen LogP contribution in [0.4, 0.5) is 5.69 Å². The Bertz CT molecular complexity index is 1200. The van der Waals surface area contributed by atoms with Crippen molar-refractivity contribution in [2.45, 2.75) is 69.1 Å². The van der Waals surface area contributed by atoms with Gasteiger partial charge in [0.1, 0.15) is 0 Å². The van der Waals surface area contributed by atoms with Crippen LogP contribution in [0, 0.1) is 17.8 Å². The number of aliphatic hydroxyl groups is 1. The number of piperidine rings is 1. The van der Waals surface area contributed by atoms with Gasteiger partial charge in [-0.15, -0.1) is 0 Å². The zero-order valence-electron chi connectivity index (χ0n) is 20.7. The number of ether oxygens (including phenoxy) is 1. The van der Waals surface area contributed by atoms with Gasteiger partial charge in [-0.2, -0.15) is 4.98 Å². The van der Waals surface area contributed by atoms with Crippen molar-refractivity contribution in [2.24, 2.45) is 17.8 Å². The van der Waals surface area contributed by atoms with Crippen molar-refractivity contribution in [3.8, 4) is 11.5 Å². The lowest BCUT2D eigenvalue weighted by Gasteiger charge is -2.58. The predicted octanol–water partition coefficient (Wildman–Crippen LogP) is 3.30. The van der Waals surface area contributed by atoms with Crippen molar-refractivity contribution in [2.75, 3.05) is 25.5 Å². The lowest BCUT2D eigenvalue weighted by atomic mass is 9.52. The Hall–Kier alpha value is -2.78. The number of carbonyl (C=O) groups is 1. The van der Waals surface area contributed by atoms with Gasteiger partial charge in [-0.3, -0.25) is 9.78 Å². The Balaban J connectivity index is 1.18. The summed E-state index contributed by atoms with van der Waals surface area (Å²) in [6.45, 7) is 1.24. The van der Waals surface area contributed by atoms with Gasteiger partial charge < -0.3 is 24.6 Å². The molecule has 5 fully saturated rings. The van der Waals surface area contributed by atoms with Crippen LogP contribution in [0.25, 0.3) is 17.5 Å². The Morgan fingerprint density at radius 2 is 2.00 bits per heavy atom. The minimum Gasteiger partial charge on any atom is -0.390 e. The number of amides is 1. The zero-order valence-corrected chi connectivity index (χ0v) is 20.7. The lowest BCUT2D eigenvalue weighted by molar-refractivity contribution is -0.129. The minimum atomic E-state index is -0.475. The number of hydrogen-bond donors (Lipinski definition) is 2. The van der Waals surface area contributed by atoms with Gasteiger partial charge in [-0.05, 0) is 62.7 Å². The first-order valence-electron chi connectivity index (χ1n) is 13.3. The second-order valence-corrected chi connectivity index (χ2v) is 11.5. The average molecular weight is 492 g/mol. The number of methoxy groups -OCH3 is 1. The molecule has 0 spiro atoms. The van der Waals surface area contributed by atoms with Crippen LogP contribution in [0.5, 0.6) is 0 Å². The van der Waals surface area contributed by atoms with Crippen LogP contribution < -0.4 is 5.32 Å². The van der Waals surface area contributed by atoms with Gasteiger partial charge in [-0.25, -0.2) is 0 Å². The molecule has 1 aliphatic heterocycles. The number of nitrogens with zero attached hydrogens (tertiary/aromatic N) is 4. The third-order valence-electron chi connectivity index (χ3n) is 9.26. The number of fused-ring (bicyclic) bond motifs is 1. The summed E-state index contributed by atoms with van der Waals surface area (Å²) in [4.78, 5) is 24.0. The molecule has 36 heavy (non-hydrogen) atoms. The zero-order chi connectivity index (χ0) is 24.4.